The van der Waals surface area contributed by atoms with Crippen LogP contribution >= 0.6 is 0 Å². The maximum Gasteiger partial charge on any atom is 0.330 e. The van der Waals surface area contributed by atoms with Crippen molar-refractivity contribution in [1.29, 1.82) is 0 Å². The molecule has 4 N–H and O–H groups in total. The zero-order valence-corrected chi connectivity index (χ0v) is 26.3. The van der Waals surface area contributed by atoms with Gasteiger partial charge in [0.05, 0.1) is 20.3 Å². The molecule has 0 aromatic rings. The second-order valence-electron chi connectivity index (χ2n) is 9.79. The Morgan fingerprint density at radius 3 is 1.86 bits per heavy atom. The fourth-order valence-corrected chi connectivity index (χ4v) is 3.60. The van der Waals surface area contributed by atoms with Gasteiger partial charge in [-0.15, -0.1) is 0 Å². The molecule has 10 nitrogen and oxygen atoms in total. The first-order valence-corrected chi connectivity index (χ1v) is 15.4. The minimum atomic E-state index is -1.11. The van der Waals surface area contributed by atoms with Crippen LogP contribution in [0.1, 0.15) is 77.6 Å². The van der Waals surface area contributed by atoms with E-state index in [0.29, 0.717) is 25.8 Å². The van der Waals surface area contributed by atoms with Gasteiger partial charge in [0.15, 0.2) is 0 Å². The van der Waals surface area contributed by atoms with Crippen molar-refractivity contribution in [3.63, 3.8) is 0 Å². The number of esters is 2. The first kappa shape index (κ1) is 40.2. The Morgan fingerprint density at radius 1 is 0.750 bits per heavy atom. The largest absolute Gasteiger partial charge is 0.466 e. The van der Waals surface area contributed by atoms with Crippen LogP contribution in [0.4, 0.5) is 0 Å². The van der Waals surface area contributed by atoms with Gasteiger partial charge in [-0.3, -0.25) is 9.59 Å². The highest BCUT2D eigenvalue weighted by Gasteiger charge is 2.24. The van der Waals surface area contributed by atoms with Crippen LogP contribution in [-0.2, 0) is 28.7 Å². The van der Waals surface area contributed by atoms with Gasteiger partial charge in [-0.05, 0) is 64.2 Å². The molecule has 1 atom stereocenters. The van der Waals surface area contributed by atoms with Gasteiger partial charge < -0.3 is 30.3 Å². The first-order chi connectivity index (χ1) is 21.4. The van der Waals surface area contributed by atoms with Crippen LogP contribution in [0, 0.1) is 0 Å². The first-order valence-electron chi connectivity index (χ1n) is 15.4. The fourth-order valence-electron chi connectivity index (χ4n) is 3.60. The second-order valence-corrected chi connectivity index (χ2v) is 9.79. The van der Waals surface area contributed by atoms with Crippen molar-refractivity contribution < 1.29 is 38.9 Å². The molecule has 0 fully saturated rings. The Labute approximate surface area is 262 Å². The van der Waals surface area contributed by atoms with Crippen LogP contribution in [0.15, 0.2) is 72.9 Å². The van der Waals surface area contributed by atoms with Crippen molar-refractivity contribution in [3.05, 3.63) is 72.9 Å². The molecule has 0 bridgehead atoms. The molecule has 10 heteroatoms. The molecule has 0 aliphatic rings. The van der Waals surface area contributed by atoms with Crippen LogP contribution in [0.5, 0.6) is 0 Å². The Balaban J connectivity index is 4.19. The Kier molecular flexibility index (Phi) is 26.8. The fraction of sp³-hybridized carbons (Fsp3) is 0.529. The van der Waals surface area contributed by atoms with Gasteiger partial charge in [0.2, 0.25) is 11.8 Å². The standard InChI is InChI=1S/C34H52N2O8/c1-3-4-5-6-7-8-9-10-11-12-13-14-15-16-17-18-19-23-31(39)35-26-21-20-22-30(34(42)44-29(27-37)28-38)36-32(40)24-25-33(41)43-2/h4-5,7-8,10-11,13-14,16-17,24-25,29-30,37-38H,3,6,9,12,15,18-23,26-28H2,1-2H3,(H,35,39)(H,36,40)/b5-4-,8-7-,11-10-,14-13-,17-16-,25-24+. The van der Waals surface area contributed by atoms with Crippen LogP contribution in [-0.4, -0.2) is 73.0 Å². The highest BCUT2D eigenvalue weighted by molar-refractivity contribution is 5.96. The van der Waals surface area contributed by atoms with Crippen molar-refractivity contribution in [2.45, 2.75) is 89.7 Å². The third-order valence-electron chi connectivity index (χ3n) is 6.04. The molecule has 0 rings (SSSR count). The summed E-state index contributed by atoms with van der Waals surface area (Å²) in [5.41, 5.74) is 0. The number of carbonyl (C=O) groups is 4. The molecule has 44 heavy (non-hydrogen) atoms. The van der Waals surface area contributed by atoms with Crippen molar-refractivity contribution >= 4 is 23.8 Å². The number of ether oxygens (including phenoxy) is 2. The Hall–Kier alpha value is -3.76. The highest BCUT2D eigenvalue weighted by atomic mass is 16.6. The maximum atomic E-state index is 12.4. The number of rotatable bonds is 25. The van der Waals surface area contributed by atoms with E-state index >= 15 is 0 Å². The summed E-state index contributed by atoms with van der Waals surface area (Å²) >= 11 is 0. The molecule has 0 aromatic heterocycles. The van der Waals surface area contributed by atoms with E-state index in [1.165, 1.54) is 7.11 Å². The van der Waals surface area contributed by atoms with Crippen molar-refractivity contribution in [3.8, 4) is 0 Å². The van der Waals surface area contributed by atoms with Gasteiger partial charge in [0, 0.05) is 25.1 Å². The van der Waals surface area contributed by atoms with Gasteiger partial charge >= 0.3 is 11.9 Å². The molecule has 0 saturated heterocycles. The monoisotopic (exact) mass is 616 g/mol. The highest BCUT2D eigenvalue weighted by Crippen LogP contribution is 2.06. The van der Waals surface area contributed by atoms with Gasteiger partial charge in [-0.2, -0.15) is 0 Å². The molecular weight excluding hydrogens is 564 g/mol. The third kappa shape index (κ3) is 24.8. The molecule has 0 aliphatic heterocycles. The lowest BCUT2D eigenvalue weighted by Crippen LogP contribution is -2.43. The summed E-state index contributed by atoms with van der Waals surface area (Å²) in [6, 6.07) is -1.07. The minimum Gasteiger partial charge on any atom is -0.466 e. The molecule has 0 heterocycles. The third-order valence-corrected chi connectivity index (χ3v) is 6.04. The number of allylic oxidation sites excluding steroid dienone is 10. The van der Waals surface area contributed by atoms with E-state index in [4.69, 9.17) is 14.9 Å². The number of hydrogen-bond donors (Lipinski definition) is 4. The summed E-state index contributed by atoms with van der Waals surface area (Å²) in [4.78, 5) is 47.8. The van der Waals surface area contributed by atoms with Crippen molar-refractivity contribution in [2.24, 2.45) is 0 Å². The number of carbonyl (C=O) groups excluding carboxylic acids is 4. The summed E-state index contributed by atoms with van der Waals surface area (Å²) in [5, 5.41) is 23.6. The predicted octanol–water partition coefficient (Wildman–Crippen LogP) is 4.31. The average Bonchev–Trinajstić information content (AvgIpc) is 3.02. The zero-order chi connectivity index (χ0) is 32.7. The number of nitrogens with one attached hydrogen (secondary N) is 2. The summed E-state index contributed by atoms with van der Waals surface area (Å²) in [5.74, 6) is -2.31. The summed E-state index contributed by atoms with van der Waals surface area (Å²) in [7, 11) is 1.17. The lowest BCUT2D eigenvalue weighted by Gasteiger charge is -2.20. The van der Waals surface area contributed by atoms with Crippen LogP contribution < -0.4 is 10.6 Å². The normalized spacial score (nSPS) is 12.8. The number of amides is 2. The molecule has 0 radical (unpaired) electrons. The Bertz CT molecular complexity index is 978. The Morgan fingerprint density at radius 2 is 1.32 bits per heavy atom. The lowest BCUT2D eigenvalue weighted by atomic mass is 10.1. The van der Waals surface area contributed by atoms with E-state index in [2.05, 4.69) is 83.1 Å². The van der Waals surface area contributed by atoms with Crippen LogP contribution in [0.2, 0.25) is 0 Å². The van der Waals surface area contributed by atoms with E-state index in [1.807, 2.05) is 0 Å². The smallest absolute Gasteiger partial charge is 0.330 e. The molecule has 0 saturated carbocycles. The van der Waals surface area contributed by atoms with Crippen LogP contribution in [0.3, 0.4) is 0 Å². The summed E-state index contributed by atoms with van der Waals surface area (Å²) in [6.07, 6.45) is 30.2. The average molecular weight is 617 g/mol. The predicted molar refractivity (Wildman–Crippen MR) is 172 cm³/mol. The number of unbranched alkanes of at least 4 members (excludes halogenated alkanes) is 2. The number of hydrogen-bond acceptors (Lipinski definition) is 8. The van der Waals surface area contributed by atoms with Gasteiger partial charge in [0.1, 0.15) is 12.1 Å². The van der Waals surface area contributed by atoms with E-state index in [1.54, 1.807) is 0 Å². The quantitative estimate of drug-likeness (QED) is 0.0513. The second kappa shape index (κ2) is 29.3. The maximum absolute atomic E-state index is 12.4. The van der Waals surface area contributed by atoms with E-state index in [-0.39, 0.29) is 12.3 Å². The van der Waals surface area contributed by atoms with Crippen molar-refractivity contribution in [2.75, 3.05) is 26.9 Å². The topological polar surface area (TPSA) is 151 Å². The van der Waals surface area contributed by atoms with Crippen molar-refractivity contribution in [1.82, 2.24) is 10.6 Å². The minimum absolute atomic E-state index is 0.0525. The van der Waals surface area contributed by atoms with Crippen LogP contribution in [0.25, 0.3) is 0 Å². The molecule has 0 aromatic carbocycles. The zero-order valence-electron chi connectivity index (χ0n) is 26.3. The molecule has 0 spiro atoms. The summed E-state index contributed by atoms with van der Waals surface area (Å²) in [6.45, 7) is 1.40. The van der Waals surface area contributed by atoms with Gasteiger partial charge in [0.25, 0.3) is 0 Å². The lowest BCUT2D eigenvalue weighted by molar-refractivity contribution is -0.157. The van der Waals surface area contributed by atoms with Gasteiger partial charge in [-0.25, -0.2) is 9.59 Å². The van der Waals surface area contributed by atoms with E-state index in [0.717, 1.165) is 57.1 Å². The van der Waals surface area contributed by atoms with E-state index < -0.39 is 43.2 Å². The summed E-state index contributed by atoms with van der Waals surface area (Å²) < 4.78 is 9.45. The van der Waals surface area contributed by atoms with Gasteiger partial charge in [-0.1, -0.05) is 67.7 Å². The van der Waals surface area contributed by atoms with E-state index in [9.17, 15) is 19.2 Å². The SMILES string of the molecule is CC/C=C\C/C=C\C/C=C\C/C=C\C/C=C\CCCC(=O)NCCCCC(NC(=O)/C=C/C(=O)OC)C(=O)OC(CO)CO. The number of methoxy groups -OCH3 is 1. The number of aliphatic hydroxyl groups is 2. The molecule has 0 aliphatic carbocycles. The molecule has 246 valence electrons. The number of aliphatic hydroxyl groups excluding tert-OH is 2. The molecule has 1 unspecified atom stereocenters. The molecular formula is C34H52N2O8. The molecule has 2 amide bonds.